The van der Waals surface area contributed by atoms with Gasteiger partial charge in [0.1, 0.15) is 0 Å². The Morgan fingerprint density at radius 1 is 1.00 bits per heavy atom. The maximum Gasteiger partial charge on any atom is 0.241 e. The molecule has 1 atom stereocenters. The van der Waals surface area contributed by atoms with E-state index in [0.29, 0.717) is 11.4 Å². The Morgan fingerprint density at radius 2 is 1.55 bits per heavy atom. The molecule has 2 aromatic carbocycles. The Balaban J connectivity index is 2.19. The first-order valence-corrected chi connectivity index (χ1v) is 8.92. The molecule has 0 amide bonds. The van der Waals surface area contributed by atoms with E-state index in [0.717, 1.165) is 22.3 Å². The minimum Gasteiger partial charge on any atom is -0.211 e. The number of nitrogens with one attached hydrogen (secondary N) is 1. The predicted octanol–water partition coefficient (Wildman–Crippen LogP) is 3.69. The molecule has 22 heavy (non-hydrogen) atoms. The van der Waals surface area contributed by atoms with E-state index in [1.807, 2.05) is 70.2 Å². The average Bonchev–Trinajstić information content (AvgIpc) is 2.44. The van der Waals surface area contributed by atoms with Crippen LogP contribution in [0.4, 0.5) is 0 Å². The molecule has 0 saturated heterocycles. The molecule has 1 N–H and O–H groups in total. The molecule has 0 aliphatic rings. The summed E-state index contributed by atoms with van der Waals surface area (Å²) in [6, 6.07) is 13.7. The molecule has 0 aliphatic heterocycles. The van der Waals surface area contributed by atoms with E-state index in [9.17, 15) is 8.42 Å². The van der Waals surface area contributed by atoms with Crippen LogP contribution in [-0.4, -0.2) is 15.0 Å². The summed E-state index contributed by atoms with van der Waals surface area (Å²) >= 11 is 0. The molecule has 2 rings (SSSR count). The van der Waals surface area contributed by atoms with Gasteiger partial charge in [-0.2, -0.15) is 0 Å². The van der Waals surface area contributed by atoms with Crippen LogP contribution in [0.25, 0.3) is 0 Å². The zero-order chi connectivity index (χ0) is 16.3. The molecule has 0 aliphatic carbocycles. The summed E-state index contributed by atoms with van der Waals surface area (Å²) in [6.45, 7) is 8.07. The second-order valence-electron chi connectivity index (χ2n) is 5.89. The normalized spacial score (nSPS) is 13.1. The highest BCUT2D eigenvalue weighted by molar-refractivity contribution is 7.89. The molecule has 0 saturated carbocycles. The van der Waals surface area contributed by atoms with E-state index in [2.05, 4.69) is 4.72 Å². The molecule has 0 radical (unpaired) electrons. The predicted molar refractivity (Wildman–Crippen MR) is 90.7 cm³/mol. The van der Waals surface area contributed by atoms with E-state index < -0.39 is 10.0 Å². The zero-order valence-corrected chi connectivity index (χ0v) is 14.4. The highest BCUT2D eigenvalue weighted by Crippen LogP contribution is 2.22. The van der Waals surface area contributed by atoms with Gasteiger partial charge >= 0.3 is 0 Å². The van der Waals surface area contributed by atoms with Crippen molar-refractivity contribution in [2.45, 2.75) is 38.5 Å². The van der Waals surface area contributed by atoms with Crippen molar-refractivity contribution in [1.29, 1.82) is 0 Å². The van der Waals surface area contributed by atoms with Gasteiger partial charge in [-0.1, -0.05) is 55.0 Å². The summed E-state index contributed by atoms with van der Waals surface area (Å²) in [5.74, 6) is 0.127. The molecule has 0 bridgehead atoms. The Hall–Kier alpha value is -1.65. The number of rotatable bonds is 5. The van der Waals surface area contributed by atoms with Gasteiger partial charge in [-0.05, 0) is 43.4 Å². The Morgan fingerprint density at radius 3 is 2.09 bits per heavy atom. The average molecular weight is 317 g/mol. The minimum atomic E-state index is -3.49. The lowest BCUT2D eigenvalue weighted by atomic mass is 10.0. The molecule has 3 nitrogen and oxygen atoms in total. The third kappa shape index (κ3) is 3.76. The van der Waals surface area contributed by atoms with E-state index >= 15 is 0 Å². The van der Waals surface area contributed by atoms with Crippen LogP contribution >= 0.6 is 0 Å². The van der Waals surface area contributed by atoms with Crippen LogP contribution in [0.5, 0.6) is 0 Å². The SMILES string of the molecule is Cc1cc(C)c(S(=O)(=O)NCC(C)c2ccccc2)c(C)c1. The molecule has 118 valence electrons. The van der Waals surface area contributed by atoms with Gasteiger partial charge in [-0.3, -0.25) is 0 Å². The number of hydrogen-bond donors (Lipinski definition) is 1. The minimum absolute atomic E-state index is 0.127. The van der Waals surface area contributed by atoms with E-state index in [4.69, 9.17) is 0 Å². The second-order valence-corrected chi connectivity index (χ2v) is 7.60. The van der Waals surface area contributed by atoms with Gasteiger partial charge in [-0.15, -0.1) is 0 Å². The molecular formula is C18H23NO2S. The summed E-state index contributed by atoms with van der Waals surface area (Å²) in [6.07, 6.45) is 0. The van der Waals surface area contributed by atoms with Gasteiger partial charge in [0.25, 0.3) is 0 Å². The van der Waals surface area contributed by atoms with Gasteiger partial charge < -0.3 is 0 Å². The molecule has 4 heteroatoms. The molecular weight excluding hydrogens is 294 g/mol. The molecule has 2 aromatic rings. The lowest BCUT2D eigenvalue weighted by Crippen LogP contribution is -2.29. The number of hydrogen-bond acceptors (Lipinski definition) is 2. The smallest absolute Gasteiger partial charge is 0.211 e. The van der Waals surface area contributed by atoms with Gasteiger partial charge in [0.15, 0.2) is 0 Å². The highest BCUT2D eigenvalue weighted by atomic mass is 32.2. The van der Waals surface area contributed by atoms with Gasteiger partial charge in [0.05, 0.1) is 4.90 Å². The maximum atomic E-state index is 12.6. The lowest BCUT2D eigenvalue weighted by molar-refractivity contribution is 0.573. The first-order chi connectivity index (χ1) is 10.3. The van der Waals surface area contributed by atoms with Crippen molar-refractivity contribution in [2.75, 3.05) is 6.54 Å². The topological polar surface area (TPSA) is 46.2 Å². The molecule has 0 heterocycles. The van der Waals surface area contributed by atoms with Crippen LogP contribution in [0, 0.1) is 20.8 Å². The molecule has 1 unspecified atom stereocenters. The van der Waals surface area contributed by atoms with Crippen LogP contribution in [-0.2, 0) is 10.0 Å². The van der Waals surface area contributed by atoms with Gasteiger partial charge in [0.2, 0.25) is 10.0 Å². The standard InChI is InChI=1S/C18H23NO2S/c1-13-10-14(2)18(15(3)11-13)22(20,21)19-12-16(4)17-8-6-5-7-9-17/h5-11,16,19H,12H2,1-4H3. The summed E-state index contributed by atoms with van der Waals surface area (Å²) in [5.41, 5.74) is 3.78. The number of aryl methyl sites for hydroxylation is 3. The van der Waals surface area contributed by atoms with Crippen LogP contribution in [0.3, 0.4) is 0 Å². The van der Waals surface area contributed by atoms with Crippen molar-refractivity contribution in [3.05, 3.63) is 64.7 Å². The summed E-state index contributed by atoms with van der Waals surface area (Å²) in [4.78, 5) is 0.401. The third-order valence-electron chi connectivity index (χ3n) is 3.82. The van der Waals surface area contributed by atoms with Gasteiger partial charge in [0, 0.05) is 6.54 Å². The monoisotopic (exact) mass is 317 g/mol. The van der Waals surface area contributed by atoms with Crippen molar-refractivity contribution in [2.24, 2.45) is 0 Å². The Labute approximate surface area is 133 Å². The quantitative estimate of drug-likeness (QED) is 0.914. The van der Waals surface area contributed by atoms with E-state index in [1.165, 1.54) is 0 Å². The summed E-state index contributed by atoms with van der Waals surface area (Å²) in [7, 11) is -3.49. The maximum absolute atomic E-state index is 12.6. The number of sulfonamides is 1. The van der Waals surface area contributed by atoms with Crippen molar-refractivity contribution >= 4 is 10.0 Å². The fraction of sp³-hybridized carbons (Fsp3) is 0.333. The largest absolute Gasteiger partial charge is 0.241 e. The van der Waals surface area contributed by atoms with Crippen LogP contribution in [0.2, 0.25) is 0 Å². The van der Waals surface area contributed by atoms with Gasteiger partial charge in [-0.25, -0.2) is 13.1 Å². The van der Waals surface area contributed by atoms with E-state index in [-0.39, 0.29) is 5.92 Å². The first kappa shape index (κ1) is 16.7. The van der Waals surface area contributed by atoms with Crippen molar-refractivity contribution < 1.29 is 8.42 Å². The zero-order valence-electron chi connectivity index (χ0n) is 13.6. The Bertz CT molecular complexity index is 729. The molecule has 0 fully saturated rings. The van der Waals surface area contributed by atoms with Crippen LogP contribution in [0.1, 0.15) is 35.1 Å². The Kier molecular flexibility index (Phi) is 5.04. The van der Waals surface area contributed by atoms with E-state index in [1.54, 1.807) is 0 Å². The lowest BCUT2D eigenvalue weighted by Gasteiger charge is -2.16. The van der Waals surface area contributed by atoms with Crippen molar-refractivity contribution in [3.63, 3.8) is 0 Å². The van der Waals surface area contributed by atoms with Crippen LogP contribution in [0.15, 0.2) is 47.4 Å². The molecule has 0 aromatic heterocycles. The molecule has 0 spiro atoms. The first-order valence-electron chi connectivity index (χ1n) is 7.43. The fourth-order valence-corrected chi connectivity index (χ4v) is 4.38. The van der Waals surface area contributed by atoms with Crippen molar-refractivity contribution in [3.8, 4) is 0 Å². The summed E-state index contributed by atoms with van der Waals surface area (Å²) < 4.78 is 28.0. The van der Waals surface area contributed by atoms with Crippen LogP contribution < -0.4 is 4.72 Å². The summed E-state index contributed by atoms with van der Waals surface area (Å²) in [5, 5.41) is 0. The number of benzene rings is 2. The highest BCUT2D eigenvalue weighted by Gasteiger charge is 2.20. The fourth-order valence-electron chi connectivity index (χ4n) is 2.80. The third-order valence-corrected chi connectivity index (χ3v) is 5.55. The second kappa shape index (κ2) is 6.63. The van der Waals surface area contributed by atoms with Crippen molar-refractivity contribution in [1.82, 2.24) is 4.72 Å².